The van der Waals surface area contributed by atoms with Gasteiger partial charge < -0.3 is 5.32 Å². The van der Waals surface area contributed by atoms with Crippen LogP contribution >= 0.6 is 0 Å². The molecular weight excluding hydrogens is 172 g/mol. The molecule has 2 unspecified atom stereocenters. The molecule has 0 bridgehead atoms. The molecule has 72 valence electrons. The van der Waals surface area contributed by atoms with Crippen LogP contribution in [0, 0.1) is 11.8 Å². The summed E-state index contributed by atoms with van der Waals surface area (Å²) >= 11 is 0. The van der Waals surface area contributed by atoms with E-state index in [-0.39, 0.29) is 0 Å². The van der Waals surface area contributed by atoms with Gasteiger partial charge in [0.2, 0.25) is 0 Å². The molecule has 1 fully saturated rings. The quantitative estimate of drug-likeness (QED) is 0.722. The summed E-state index contributed by atoms with van der Waals surface area (Å²) in [4.78, 5) is 4.17. The van der Waals surface area contributed by atoms with E-state index in [0.29, 0.717) is 0 Å². The third-order valence-corrected chi connectivity index (χ3v) is 3.32. The second kappa shape index (κ2) is 3.21. The maximum Gasteiger partial charge on any atom is 0.0342 e. The zero-order valence-electron chi connectivity index (χ0n) is 8.11. The minimum absolute atomic E-state index is 0.769. The van der Waals surface area contributed by atoms with Crippen LogP contribution in [0.1, 0.15) is 12.0 Å². The molecule has 3 rings (SSSR count). The van der Waals surface area contributed by atoms with Crippen LogP contribution in [0.15, 0.2) is 30.6 Å². The van der Waals surface area contributed by atoms with Crippen LogP contribution in [0.4, 0.5) is 0 Å². The Bertz CT molecular complexity index is 356. The predicted octanol–water partition coefficient (Wildman–Crippen LogP) is 1.70. The van der Waals surface area contributed by atoms with Crippen molar-refractivity contribution in [2.24, 2.45) is 11.8 Å². The molecule has 2 heterocycles. The Labute approximate surface area is 84.1 Å². The maximum absolute atomic E-state index is 4.17. The molecule has 2 aliphatic rings. The number of aromatic nitrogens is 1. The van der Waals surface area contributed by atoms with Gasteiger partial charge in [-0.25, -0.2) is 0 Å². The molecule has 1 aromatic rings. The Morgan fingerprint density at radius 2 is 2.36 bits per heavy atom. The molecule has 14 heavy (non-hydrogen) atoms. The van der Waals surface area contributed by atoms with E-state index in [4.69, 9.17) is 0 Å². The number of pyridine rings is 1. The molecule has 0 saturated carbocycles. The first-order chi connectivity index (χ1) is 6.93. The smallest absolute Gasteiger partial charge is 0.0342 e. The Kier molecular flexibility index (Phi) is 1.88. The van der Waals surface area contributed by atoms with Crippen molar-refractivity contribution in [3.05, 3.63) is 36.2 Å². The van der Waals surface area contributed by atoms with E-state index in [9.17, 15) is 0 Å². The van der Waals surface area contributed by atoms with Gasteiger partial charge in [0, 0.05) is 18.9 Å². The van der Waals surface area contributed by atoms with Crippen LogP contribution in [-0.2, 0) is 0 Å². The second-order valence-corrected chi connectivity index (χ2v) is 4.22. The molecule has 1 saturated heterocycles. The summed E-state index contributed by atoms with van der Waals surface area (Å²) < 4.78 is 0. The summed E-state index contributed by atoms with van der Waals surface area (Å²) in [5.74, 6) is 1.61. The third-order valence-electron chi connectivity index (χ3n) is 3.32. The van der Waals surface area contributed by atoms with Gasteiger partial charge in [0.1, 0.15) is 0 Å². The molecule has 1 N–H and O–H groups in total. The zero-order valence-corrected chi connectivity index (χ0v) is 8.11. The summed E-state index contributed by atoms with van der Waals surface area (Å²) in [6.07, 6.45) is 7.47. The Morgan fingerprint density at radius 1 is 1.36 bits per heavy atom. The average Bonchev–Trinajstić information content (AvgIpc) is 2.78. The molecule has 0 radical (unpaired) electrons. The number of nitrogens with zero attached hydrogens (tertiary/aromatic N) is 1. The van der Waals surface area contributed by atoms with Gasteiger partial charge in [0.25, 0.3) is 0 Å². The van der Waals surface area contributed by atoms with E-state index in [1.807, 2.05) is 18.5 Å². The Hall–Kier alpha value is -1.15. The first-order valence-corrected chi connectivity index (χ1v) is 5.25. The molecule has 0 aromatic carbocycles. The molecule has 2 atom stereocenters. The van der Waals surface area contributed by atoms with Gasteiger partial charge in [0.15, 0.2) is 0 Å². The van der Waals surface area contributed by atoms with E-state index in [2.05, 4.69) is 22.4 Å². The number of allylic oxidation sites excluding steroid dienone is 1. The van der Waals surface area contributed by atoms with E-state index in [0.717, 1.165) is 18.4 Å². The van der Waals surface area contributed by atoms with Crippen molar-refractivity contribution in [1.29, 1.82) is 0 Å². The molecule has 0 spiro atoms. The predicted molar refractivity (Wildman–Crippen MR) is 56.7 cm³/mol. The lowest BCUT2D eigenvalue weighted by molar-refractivity contribution is 0.536. The lowest BCUT2D eigenvalue weighted by Crippen LogP contribution is -2.09. The minimum Gasteiger partial charge on any atom is -0.316 e. The monoisotopic (exact) mass is 186 g/mol. The molecule has 1 aliphatic heterocycles. The van der Waals surface area contributed by atoms with Crippen molar-refractivity contribution in [2.45, 2.75) is 6.42 Å². The van der Waals surface area contributed by atoms with Crippen LogP contribution < -0.4 is 5.32 Å². The minimum atomic E-state index is 0.769. The van der Waals surface area contributed by atoms with Crippen LogP contribution in [0.5, 0.6) is 0 Å². The van der Waals surface area contributed by atoms with Crippen LogP contribution in [0.25, 0.3) is 5.57 Å². The first kappa shape index (κ1) is 8.18. The Morgan fingerprint density at radius 3 is 3.14 bits per heavy atom. The summed E-state index contributed by atoms with van der Waals surface area (Å²) in [6.45, 7) is 2.35. The molecule has 2 nitrogen and oxygen atoms in total. The molecular formula is C12H14N2. The van der Waals surface area contributed by atoms with Crippen molar-refractivity contribution in [3.63, 3.8) is 0 Å². The summed E-state index contributed by atoms with van der Waals surface area (Å²) in [5, 5.41) is 3.44. The van der Waals surface area contributed by atoms with Gasteiger partial charge in [-0.15, -0.1) is 0 Å². The highest BCUT2D eigenvalue weighted by molar-refractivity contribution is 5.67. The fourth-order valence-corrected chi connectivity index (χ4v) is 2.55. The maximum atomic E-state index is 4.17. The largest absolute Gasteiger partial charge is 0.316 e. The van der Waals surface area contributed by atoms with E-state index in [1.54, 1.807) is 0 Å². The van der Waals surface area contributed by atoms with Gasteiger partial charge in [-0.2, -0.15) is 0 Å². The fourth-order valence-electron chi connectivity index (χ4n) is 2.55. The fraction of sp³-hybridized carbons (Fsp3) is 0.417. The summed E-state index contributed by atoms with van der Waals surface area (Å²) in [6, 6.07) is 4.18. The Balaban J connectivity index is 1.88. The van der Waals surface area contributed by atoms with Gasteiger partial charge in [0.05, 0.1) is 0 Å². The highest BCUT2D eigenvalue weighted by atomic mass is 14.9. The highest BCUT2D eigenvalue weighted by Crippen LogP contribution is 2.37. The van der Waals surface area contributed by atoms with Crippen molar-refractivity contribution in [3.8, 4) is 0 Å². The van der Waals surface area contributed by atoms with Crippen molar-refractivity contribution in [1.82, 2.24) is 10.3 Å². The van der Waals surface area contributed by atoms with E-state index < -0.39 is 0 Å². The normalized spacial score (nSPS) is 30.1. The number of hydrogen-bond acceptors (Lipinski definition) is 2. The molecule has 1 aliphatic carbocycles. The average molecular weight is 186 g/mol. The van der Waals surface area contributed by atoms with Crippen LogP contribution in [0.3, 0.4) is 0 Å². The highest BCUT2D eigenvalue weighted by Gasteiger charge is 2.31. The number of rotatable bonds is 1. The SMILES string of the molecule is C1=C(c2cccnc2)CC2CNCC12. The second-order valence-electron chi connectivity index (χ2n) is 4.22. The molecule has 2 heteroatoms. The first-order valence-electron chi connectivity index (χ1n) is 5.25. The van der Waals surface area contributed by atoms with Gasteiger partial charge in [-0.1, -0.05) is 12.1 Å². The van der Waals surface area contributed by atoms with Crippen LogP contribution in [0.2, 0.25) is 0 Å². The van der Waals surface area contributed by atoms with Crippen LogP contribution in [-0.4, -0.2) is 18.1 Å². The van der Waals surface area contributed by atoms with Gasteiger partial charge in [-0.05, 0) is 42.0 Å². The zero-order chi connectivity index (χ0) is 9.38. The van der Waals surface area contributed by atoms with E-state index >= 15 is 0 Å². The summed E-state index contributed by atoms with van der Waals surface area (Å²) in [5.41, 5.74) is 2.80. The lowest BCUT2D eigenvalue weighted by Gasteiger charge is -2.05. The molecule has 1 aromatic heterocycles. The lowest BCUT2D eigenvalue weighted by atomic mass is 9.99. The molecule has 0 amide bonds. The standard InChI is InChI=1S/C12H14N2/c1-2-9(6-13-3-1)10-4-11-7-14-8-12(11)5-10/h1-4,6,11-12,14H,5,7-8H2. The topological polar surface area (TPSA) is 24.9 Å². The number of nitrogens with one attached hydrogen (secondary N) is 1. The van der Waals surface area contributed by atoms with E-state index in [1.165, 1.54) is 24.1 Å². The number of fused-ring (bicyclic) bond motifs is 1. The summed E-state index contributed by atoms with van der Waals surface area (Å²) in [7, 11) is 0. The van der Waals surface area contributed by atoms with Crippen molar-refractivity contribution >= 4 is 5.57 Å². The third kappa shape index (κ3) is 1.26. The van der Waals surface area contributed by atoms with Gasteiger partial charge >= 0.3 is 0 Å². The number of hydrogen-bond donors (Lipinski definition) is 1. The van der Waals surface area contributed by atoms with Crippen molar-refractivity contribution < 1.29 is 0 Å². The van der Waals surface area contributed by atoms with Crippen molar-refractivity contribution in [2.75, 3.05) is 13.1 Å². The van der Waals surface area contributed by atoms with Gasteiger partial charge in [-0.3, -0.25) is 4.98 Å².